The molecule has 0 saturated heterocycles. The normalized spacial score (nSPS) is 12.2. The topological polar surface area (TPSA) is 84.9 Å². The molecular formula is C24H28N2O5S2. The molecule has 176 valence electrons. The van der Waals surface area contributed by atoms with E-state index in [1.807, 2.05) is 42.6 Å². The Morgan fingerprint density at radius 3 is 2.48 bits per heavy atom. The van der Waals surface area contributed by atoms with Crippen molar-refractivity contribution < 1.29 is 22.7 Å². The van der Waals surface area contributed by atoms with Crippen molar-refractivity contribution in [1.29, 1.82) is 0 Å². The first-order valence-electron chi connectivity index (χ1n) is 10.5. The number of ether oxygens (including phenoxy) is 2. The number of hydrogen-bond donors (Lipinski definition) is 1. The molecule has 0 spiro atoms. The van der Waals surface area contributed by atoms with Gasteiger partial charge in [-0.3, -0.25) is 4.79 Å². The van der Waals surface area contributed by atoms with Crippen molar-refractivity contribution in [2.75, 3.05) is 13.7 Å². The van der Waals surface area contributed by atoms with E-state index < -0.39 is 16.1 Å². The first-order valence-corrected chi connectivity index (χ1v) is 12.9. The zero-order chi connectivity index (χ0) is 23.8. The fourth-order valence-corrected chi connectivity index (χ4v) is 5.10. The van der Waals surface area contributed by atoms with Crippen molar-refractivity contribution in [3.05, 3.63) is 76.5 Å². The van der Waals surface area contributed by atoms with Crippen LogP contribution in [0.4, 0.5) is 0 Å². The SMILES string of the molecule is CCN(Cc1ccc(OCc2cccs2)c(OC)c1)C(=O)[C@H](C)NS(=O)(=O)c1ccccc1. The highest BCUT2D eigenvalue weighted by Gasteiger charge is 2.25. The molecule has 1 amide bonds. The number of rotatable bonds is 11. The van der Waals surface area contributed by atoms with Crippen LogP contribution in [-0.2, 0) is 28.0 Å². The van der Waals surface area contributed by atoms with Crippen LogP contribution in [-0.4, -0.2) is 38.9 Å². The van der Waals surface area contributed by atoms with Gasteiger partial charge in [0.05, 0.1) is 18.0 Å². The number of nitrogens with zero attached hydrogens (tertiary/aromatic N) is 1. The Kier molecular flexibility index (Phi) is 8.49. The van der Waals surface area contributed by atoms with Gasteiger partial charge < -0.3 is 14.4 Å². The average molecular weight is 489 g/mol. The minimum Gasteiger partial charge on any atom is -0.493 e. The van der Waals surface area contributed by atoms with Crippen LogP contribution in [0.15, 0.2) is 70.9 Å². The quantitative estimate of drug-likeness (QED) is 0.440. The highest BCUT2D eigenvalue weighted by molar-refractivity contribution is 7.89. The number of carbonyl (C=O) groups excluding carboxylic acids is 1. The highest BCUT2D eigenvalue weighted by Crippen LogP contribution is 2.30. The lowest BCUT2D eigenvalue weighted by Gasteiger charge is -2.25. The Balaban J connectivity index is 1.67. The summed E-state index contributed by atoms with van der Waals surface area (Å²) in [6.45, 7) is 4.59. The van der Waals surface area contributed by atoms with Crippen molar-refractivity contribution in [2.45, 2.75) is 37.9 Å². The lowest BCUT2D eigenvalue weighted by atomic mass is 10.1. The van der Waals surface area contributed by atoms with Crippen LogP contribution in [0.3, 0.4) is 0 Å². The van der Waals surface area contributed by atoms with E-state index in [9.17, 15) is 13.2 Å². The number of hydrogen-bond acceptors (Lipinski definition) is 6. The van der Waals surface area contributed by atoms with E-state index in [1.54, 1.807) is 48.5 Å². The van der Waals surface area contributed by atoms with Crippen LogP contribution in [0.2, 0.25) is 0 Å². The Morgan fingerprint density at radius 1 is 1.09 bits per heavy atom. The fourth-order valence-electron chi connectivity index (χ4n) is 3.26. The number of amides is 1. The number of thiophene rings is 1. The van der Waals surface area contributed by atoms with Crippen LogP contribution >= 0.6 is 11.3 Å². The van der Waals surface area contributed by atoms with Gasteiger partial charge >= 0.3 is 0 Å². The first-order chi connectivity index (χ1) is 15.8. The van der Waals surface area contributed by atoms with E-state index in [0.717, 1.165) is 10.4 Å². The third-order valence-corrected chi connectivity index (χ3v) is 7.41. The lowest BCUT2D eigenvalue weighted by molar-refractivity contribution is -0.133. The van der Waals surface area contributed by atoms with Gasteiger partial charge in [-0.1, -0.05) is 30.3 Å². The van der Waals surface area contributed by atoms with Gasteiger partial charge in [0, 0.05) is 18.0 Å². The van der Waals surface area contributed by atoms with Crippen molar-refractivity contribution in [1.82, 2.24) is 9.62 Å². The molecular weight excluding hydrogens is 460 g/mol. The zero-order valence-corrected chi connectivity index (χ0v) is 20.5. The number of benzene rings is 2. The van der Waals surface area contributed by atoms with Gasteiger partial charge in [-0.25, -0.2) is 8.42 Å². The minimum atomic E-state index is -3.79. The second-order valence-corrected chi connectivity index (χ2v) is 10.1. The van der Waals surface area contributed by atoms with Gasteiger partial charge in [0.1, 0.15) is 6.61 Å². The zero-order valence-electron chi connectivity index (χ0n) is 18.9. The number of methoxy groups -OCH3 is 1. The molecule has 33 heavy (non-hydrogen) atoms. The van der Waals surface area contributed by atoms with E-state index in [-0.39, 0.29) is 10.8 Å². The van der Waals surface area contributed by atoms with Gasteiger partial charge in [0.15, 0.2) is 11.5 Å². The van der Waals surface area contributed by atoms with Crippen molar-refractivity contribution in [3.8, 4) is 11.5 Å². The number of nitrogens with one attached hydrogen (secondary N) is 1. The summed E-state index contributed by atoms with van der Waals surface area (Å²) in [5.41, 5.74) is 0.851. The van der Waals surface area contributed by atoms with E-state index in [0.29, 0.717) is 31.2 Å². The lowest BCUT2D eigenvalue weighted by Crippen LogP contribution is -2.46. The fraction of sp³-hybridized carbons (Fsp3) is 0.292. The molecule has 2 aromatic carbocycles. The van der Waals surface area contributed by atoms with Gasteiger partial charge in [0.25, 0.3) is 0 Å². The van der Waals surface area contributed by atoms with E-state index in [4.69, 9.17) is 9.47 Å². The Morgan fingerprint density at radius 2 is 1.85 bits per heavy atom. The molecule has 9 heteroatoms. The molecule has 3 aromatic rings. The molecule has 0 bridgehead atoms. The van der Waals surface area contributed by atoms with E-state index in [2.05, 4.69) is 4.72 Å². The summed E-state index contributed by atoms with van der Waals surface area (Å²) < 4.78 is 39.0. The molecule has 7 nitrogen and oxygen atoms in total. The second kappa shape index (κ2) is 11.3. The maximum Gasteiger partial charge on any atom is 0.241 e. The summed E-state index contributed by atoms with van der Waals surface area (Å²) in [5.74, 6) is 0.882. The molecule has 0 radical (unpaired) electrons. The average Bonchev–Trinajstić information content (AvgIpc) is 3.35. The Bertz CT molecular complexity index is 1150. The molecule has 3 rings (SSSR count). The maximum absolute atomic E-state index is 13.0. The van der Waals surface area contributed by atoms with Crippen molar-refractivity contribution in [3.63, 3.8) is 0 Å². The first kappa shape index (κ1) is 24.8. The largest absolute Gasteiger partial charge is 0.493 e. The number of sulfonamides is 1. The minimum absolute atomic E-state index is 0.121. The molecule has 1 aromatic heterocycles. The smallest absolute Gasteiger partial charge is 0.241 e. The second-order valence-electron chi connectivity index (χ2n) is 7.36. The van der Waals surface area contributed by atoms with Gasteiger partial charge in [0.2, 0.25) is 15.9 Å². The highest BCUT2D eigenvalue weighted by atomic mass is 32.2. The molecule has 0 aliphatic carbocycles. The van der Waals surface area contributed by atoms with Crippen molar-refractivity contribution in [2.24, 2.45) is 0 Å². The summed E-state index contributed by atoms with van der Waals surface area (Å²) in [6, 6.07) is 16.6. The molecule has 0 aliphatic rings. The molecule has 1 atom stereocenters. The van der Waals surface area contributed by atoms with Gasteiger partial charge in [-0.05, 0) is 55.1 Å². The van der Waals surface area contributed by atoms with Crippen LogP contribution in [0.1, 0.15) is 24.3 Å². The predicted octanol–water partition coefficient (Wildman–Crippen LogP) is 4.05. The summed E-state index contributed by atoms with van der Waals surface area (Å²) >= 11 is 1.62. The maximum atomic E-state index is 13.0. The van der Waals surface area contributed by atoms with Crippen LogP contribution in [0, 0.1) is 0 Å². The number of carbonyl (C=O) groups is 1. The molecule has 1 N–H and O–H groups in total. The molecule has 0 unspecified atom stereocenters. The third-order valence-electron chi connectivity index (χ3n) is 5.00. The molecule has 1 heterocycles. The van der Waals surface area contributed by atoms with Gasteiger partial charge in [-0.2, -0.15) is 4.72 Å². The summed E-state index contributed by atoms with van der Waals surface area (Å²) in [5, 5.41) is 2.00. The Labute approximate surface area is 199 Å². The Hall–Kier alpha value is -2.88. The van der Waals surface area contributed by atoms with E-state index >= 15 is 0 Å². The molecule has 0 aliphatic heterocycles. The van der Waals surface area contributed by atoms with Gasteiger partial charge in [-0.15, -0.1) is 11.3 Å². The van der Waals surface area contributed by atoms with Crippen LogP contribution in [0.5, 0.6) is 11.5 Å². The standard InChI is InChI=1S/C24H28N2O5S2/c1-4-26(24(27)18(2)25-33(28,29)21-10-6-5-7-11-21)16-19-12-13-22(23(15-19)30-3)31-17-20-9-8-14-32-20/h5-15,18,25H,4,16-17H2,1-3H3/t18-/m0/s1. The van der Waals surface area contributed by atoms with Crippen LogP contribution in [0.25, 0.3) is 0 Å². The molecule has 0 fully saturated rings. The predicted molar refractivity (Wildman–Crippen MR) is 129 cm³/mol. The third kappa shape index (κ3) is 6.56. The molecule has 0 saturated carbocycles. The van der Waals surface area contributed by atoms with Crippen molar-refractivity contribution >= 4 is 27.3 Å². The van der Waals surface area contributed by atoms with E-state index in [1.165, 1.54) is 12.1 Å². The van der Waals surface area contributed by atoms with Crippen LogP contribution < -0.4 is 14.2 Å². The summed E-state index contributed by atoms with van der Waals surface area (Å²) in [7, 11) is -2.22. The summed E-state index contributed by atoms with van der Waals surface area (Å²) in [6.07, 6.45) is 0. The summed E-state index contributed by atoms with van der Waals surface area (Å²) in [4.78, 5) is 15.8. The monoisotopic (exact) mass is 488 g/mol. The number of likely N-dealkylation sites (N-methyl/N-ethyl adjacent to an activating group) is 1.